The van der Waals surface area contributed by atoms with Crippen LogP contribution in [-0.2, 0) is 13.0 Å². The molecule has 0 radical (unpaired) electrons. The van der Waals surface area contributed by atoms with Crippen molar-refractivity contribution in [1.82, 2.24) is 9.55 Å². The standard InChI is InChI=1S/C12H10ClN3/c13-12-2-1-10(8-15-12)3-5-16-6-4-11(7-14)9-16/h1-2,4,6,8-9H,3,5H2. The SMILES string of the molecule is N#Cc1ccn(CCc2ccc(Cl)nc2)c1. The second-order valence-corrected chi connectivity index (χ2v) is 3.88. The number of nitrogens with zero attached hydrogens (tertiary/aromatic N) is 3. The quantitative estimate of drug-likeness (QED) is 0.762. The van der Waals surface area contributed by atoms with Crippen LogP contribution < -0.4 is 0 Å². The average Bonchev–Trinajstić information content (AvgIpc) is 2.76. The normalized spacial score (nSPS) is 10.0. The highest BCUT2D eigenvalue weighted by Gasteiger charge is 1.97. The molecular formula is C12H10ClN3. The van der Waals surface area contributed by atoms with Crippen molar-refractivity contribution in [2.75, 3.05) is 0 Å². The van der Waals surface area contributed by atoms with Crippen molar-refractivity contribution >= 4 is 11.6 Å². The summed E-state index contributed by atoms with van der Waals surface area (Å²) in [5, 5.41) is 9.19. The zero-order valence-corrected chi connectivity index (χ0v) is 9.35. The molecule has 0 atom stereocenters. The third kappa shape index (κ3) is 2.62. The number of aryl methyl sites for hydroxylation is 2. The zero-order valence-electron chi connectivity index (χ0n) is 8.60. The molecule has 0 saturated carbocycles. The topological polar surface area (TPSA) is 41.6 Å². The van der Waals surface area contributed by atoms with Crippen LogP contribution in [0, 0.1) is 11.3 Å². The lowest BCUT2D eigenvalue weighted by Gasteiger charge is -2.02. The summed E-state index contributed by atoms with van der Waals surface area (Å²) < 4.78 is 1.99. The molecule has 0 aromatic carbocycles. The van der Waals surface area contributed by atoms with Crippen molar-refractivity contribution in [3.05, 3.63) is 53.1 Å². The highest BCUT2D eigenvalue weighted by Crippen LogP contribution is 2.07. The number of pyridine rings is 1. The van der Waals surface area contributed by atoms with Gasteiger partial charge in [-0.3, -0.25) is 0 Å². The number of aromatic nitrogens is 2. The maximum absolute atomic E-state index is 8.68. The van der Waals surface area contributed by atoms with E-state index in [1.807, 2.05) is 23.0 Å². The van der Waals surface area contributed by atoms with Crippen LogP contribution in [0.4, 0.5) is 0 Å². The van der Waals surface area contributed by atoms with Gasteiger partial charge in [-0.2, -0.15) is 5.26 Å². The maximum atomic E-state index is 8.68. The van der Waals surface area contributed by atoms with Crippen LogP contribution in [0.1, 0.15) is 11.1 Å². The largest absolute Gasteiger partial charge is 0.353 e. The van der Waals surface area contributed by atoms with Crippen molar-refractivity contribution < 1.29 is 0 Å². The first-order valence-electron chi connectivity index (χ1n) is 4.94. The Hall–Kier alpha value is -1.79. The first kappa shape index (κ1) is 10.7. The minimum absolute atomic E-state index is 0.511. The van der Waals surface area contributed by atoms with Gasteiger partial charge >= 0.3 is 0 Å². The third-order valence-electron chi connectivity index (χ3n) is 2.33. The first-order valence-corrected chi connectivity index (χ1v) is 5.32. The molecule has 0 aliphatic carbocycles. The van der Waals surface area contributed by atoms with E-state index in [2.05, 4.69) is 11.1 Å². The molecule has 4 heteroatoms. The summed E-state index contributed by atoms with van der Waals surface area (Å²) >= 11 is 5.70. The molecule has 2 aromatic heterocycles. The second kappa shape index (κ2) is 4.82. The van der Waals surface area contributed by atoms with Gasteiger partial charge in [0.25, 0.3) is 0 Å². The molecule has 3 nitrogen and oxygen atoms in total. The lowest BCUT2D eigenvalue weighted by molar-refractivity contribution is 0.699. The molecule has 0 N–H and O–H groups in total. The van der Waals surface area contributed by atoms with Gasteiger partial charge in [-0.25, -0.2) is 4.98 Å². The molecule has 0 aliphatic heterocycles. The Morgan fingerprint density at radius 1 is 1.38 bits per heavy atom. The minimum Gasteiger partial charge on any atom is -0.353 e. The Bertz CT molecular complexity index is 508. The predicted octanol–water partition coefficient (Wildman–Crippen LogP) is 2.65. The molecule has 0 saturated heterocycles. The van der Waals surface area contributed by atoms with E-state index in [-0.39, 0.29) is 0 Å². The maximum Gasteiger partial charge on any atom is 0.129 e. The average molecular weight is 232 g/mol. The summed E-state index contributed by atoms with van der Waals surface area (Å²) in [6.07, 6.45) is 6.39. The summed E-state index contributed by atoms with van der Waals surface area (Å²) in [5.41, 5.74) is 1.82. The Labute approximate surface area is 98.9 Å². The van der Waals surface area contributed by atoms with Crippen molar-refractivity contribution in [3.8, 4) is 6.07 Å². The molecule has 0 amide bonds. The van der Waals surface area contributed by atoms with Crippen LogP contribution in [0.25, 0.3) is 0 Å². The van der Waals surface area contributed by atoms with Crippen molar-refractivity contribution in [1.29, 1.82) is 5.26 Å². The molecule has 0 aliphatic rings. The van der Waals surface area contributed by atoms with Gasteiger partial charge in [-0.1, -0.05) is 17.7 Å². The van der Waals surface area contributed by atoms with Gasteiger partial charge in [-0.05, 0) is 24.1 Å². The van der Waals surface area contributed by atoms with Crippen LogP contribution in [0.5, 0.6) is 0 Å². The summed E-state index contributed by atoms with van der Waals surface area (Å²) in [6, 6.07) is 7.66. The Balaban J connectivity index is 1.97. The molecule has 0 spiro atoms. The molecule has 2 heterocycles. The van der Waals surface area contributed by atoms with Crippen molar-refractivity contribution in [3.63, 3.8) is 0 Å². The Kier molecular flexibility index (Phi) is 3.23. The number of hydrogen-bond donors (Lipinski definition) is 0. The number of halogens is 1. The zero-order chi connectivity index (χ0) is 11.4. The molecule has 80 valence electrons. The van der Waals surface area contributed by atoms with E-state index in [1.165, 1.54) is 0 Å². The van der Waals surface area contributed by atoms with Gasteiger partial charge in [0.1, 0.15) is 11.2 Å². The smallest absolute Gasteiger partial charge is 0.129 e. The van der Waals surface area contributed by atoms with Crippen LogP contribution in [0.15, 0.2) is 36.8 Å². The monoisotopic (exact) mass is 231 g/mol. The van der Waals surface area contributed by atoms with E-state index in [9.17, 15) is 0 Å². The predicted molar refractivity (Wildman–Crippen MR) is 62.1 cm³/mol. The lowest BCUT2D eigenvalue weighted by atomic mass is 10.2. The number of hydrogen-bond acceptors (Lipinski definition) is 2. The van der Waals surface area contributed by atoms with Gasteiger partial charge in [0.05, 0.1) is 5.56 Å². The van der Waals surface area contributed by atoms with Gasteiger partial charge in [-0.15, -0.1) is 0 Å². The molecule has 2 aromatic rings. The Morgan fingerprint density at radius 2 is 2.25 bits per heavy atom. The van der Waals surface area contributed by atoms with Crippen LogP contribution in [0.3, 0.4) is 0 Å². The fourth-order valence-electron chi connectivity index (χ4n) is 1.46. The van der Waals surface area contributed by atoms with Crippen LogP contribution in [0.2, 0.25) is 5.15 Å². The Morgan fingerprint density at radius 3 is 2.88 bits per heavy atom. The van der Waals surface area contributed by atoms with E-state index in [0.717, 1.165) is 18.5 Å². The number of rotatable bonds is 3. The third-order valence-corrected chi connectivity index (χ3v) is 2.55. The summed E-state index contributed by atoms with van der Waals surface area (Å²) in [6.45, 7) is 0.838. The molecule has 2 rings (SSSR count). The highest BCUT2D eigenvalue weighted by atomic mass is 35.5. The fraction of sp³-hybridized carbons (Fsp3) is 0.167. The van der Waals surface area contributed by atoms with E-state index < -0.39 is 0 Å². The fourth-order valence-corrected chi connectivity index (χ4v) is 1.57. The minimum atomic E-state index is 0.511. The second-order valence-electron chi connectivity index (χ2n) is 3.49. The van der Waals surface area contributed by atoms with E-state index >= 15 is 0 Å². The van der Waals surface area contributed by atoms with Crippen LogP contribution >= 0.6 is 11.6 Å². The highest BCUT2D eigenvalue weighted by molar-refractivity contribution is 6.29. The summed E-state index contributed by atoms with van der Waals surface area (Å²) in [7, 11) is 0. The van der Waals surface area contributed by atoms with Crippen LogP contribution in [-0.4, -0.2) is 9.55 Å². The van der Waals surface area contributed by atoms with E-state index in [1.54, 1.807) is 18.3 Å². The number of nitriles is 1. The van der Waals surface area contributed by atoms with Crippen molar-refractivity contribution in [2.24, 2.45) is 0 Å². The van der Waals surface area contributed by atoms with Gasteiger partial charge in [0.2, 0.25) is 0 Å². The summed E-state index contributed by atoms with van der Waals surface area (Å²) in [5.74, 6) is 0. The summed E-state index contributed by atoms with van der Waals surface area (Å²) in [4.78, 5) is 4.02. The van der Waals surface area contributed by atoms with E-state index in [0.29, 0.717) is 10.7 Å². The van der Waals surface area contributed by atoms with Gasteiger partial charge in [0.15, 0.2) is 0 Å². The molecule has 0 fully saturated rings. The molecular weight excluding hydrogens is 222 g/mol. The van der Waals surface area contributed by atoms with E-state index in [4.69, 9.17) is 16.9 Å². The van der Waals surface area contributed by atoms with Gasteiger partial charge in [0, 0.05) is 25.1 Å². The molecule has 0 unspecified atom stereocenters. The molecule has 16 heavy (non-hydrogen) atoms. The first-order chi connectivity index (χ1) is 7.78. The lowest BCUT2D eigenvalue weighted by Crippen LogP contribution is -1.98. The van der Waals surface area contributed by atoms with Gasteiger partial charge < -0.3 is 4.57 Å². The molecule has 0 bridgehead atoms. The van der Waals surface area contributed by atoms with Crippen molar-refractivity contribution in [2.45, 2.75) is 13.0 Å².